The first-order valence-corrected chi connectivity index (χ1v) is 12.7. The third kappa shape index (κ3) is 6.75. The fourth-order valence-electron chi connectivity index (χ4n) is 3.71. The molecule has 0 aromatic heterocycles. The predicted molar refractivity (Wildman–Crippen MR) is 135 cm³/mol. The summed E-state index contributed by atoms with van der Waals surface area (Å²) in [6.07, 6.45) is 1.56. The molecule has 10 nitrogen and oxygen atoms in total. The van der Waals surface area contributed by atoms with Crippen LogP contribution in [-0.2, 0) is 13.8 Å². The Labute approximate surface area is 208 Å². The third-order valence-electron chi connectivity index (χ3n) is 5.56. The van der Waals surface area contributed by atoms with Gasteiger partial charge in [0, 0.05) is 11.3 Å². The van der Waals surface area contributed by atoms with E-state index in [9.17, 15) is 14.8 Å². The van der Waals surface area contributed by atoms with Crippen molar-refractivity contribution in [3.05, 3.63) is 66.5 Å². The van der Waals surface area contributed by atoms with E-state index in [4.69, 9.17) is 14.5 Å². The molecule has 2 aliphatic rings. The lowest BCUT2D eigenvalue weighted by atomic mass is 10.0. The van der Waals surface area contributed by atoms with Crippen molar-refractivity contribution in [1.82, 2.24) is 0 Å². The van der Waals surface area contributed by atoms with E-state index in [0.717, 1.165) is 16.8 Å². The largest absolute Gasteiger partial charge is 0.470 e. The Balaban J connectivity index is 1.50. The molecule has 1 fully saturated rings. The van der Waals surface area contributed by atoms with Crippen LogP contribution in [0, 0.1) is 11.8 Å². The SMILES string of the molecule is C[C@H](O)C1=NC=C[N+]1=C(C#Cc1ccc(-c2ccc(N[C@@H]3COC[C@H]3O)cc2)cc1)COP(=O)(O)O. The van der Waals surface area contributed by atoms with E-state index in [1.807, 2.05) is 48.5 Å². The van der Waals surface area contributed by atoms with Gasteiger partial charge in [0.25, 0.3) is 0 Å². The Kier molecular flexibility index (Phi) is 8.14. The van der Waals surface area contributed by atoms with E-state index >= 15 is 0 Å². The number of phosphoric ester groups is 1. The lowest BCUT2D eigenvalue weighted by molar-refractivity contribution is -0.329. The van der Waals surface area contributed by atoms with Crippen molar-refractivity contribution in [2.24, 2.45) is 4.99 Å². The van der Waals surface area contributed by atoms with Gasteiger partial charge in [0.05, 0.1) is 25.4 Å². The van der Waals surface area contributed by atoms with E-state index in [0.29, 0.717) is 18.8 Å². The fraction of sp³-hybridized carbons (Fsp3) is 0.280. The van der Waals surface area contributed by atoms with Crippen LogP contribution in [0.25, 0.3) is 11.1 Å². The van der Waals surface area contributed by atoms with Crippen molar-refractivity contribution >= 4 is 25.1 Å². The fourth-order valence-corrected chi connectivity index (χ4v) is 4.00. The van der Waals surface area contributed by atoms with E-state index in [1.54, 1.807) is 0 Å². The van der Waals surface area contributed by atoms with Crippen molar-refractivity contribution in [2.45, 2.75) is 25.2 Å². The monoisotopic (exact) mass is 512 g/mol. The Morgan fingerprint density at radius 2 is 1.86 bits per heavy atom. The summed E-state index contributed by atoms with van der Waals surface area (Å²) >= 11 is 0. The minimum absolute atomic E-state index is 0.124. The minimum atomic E-state index is -4.72. The molecule has 11 heteroatoms. The molecule has 36 heavy (non-hydrogen) atoms. The number of hydrogen-bond acceptors (Lipinski definition) is 7. The lowest BCUT2D eigenvalue weighted by Gasteiger charge is -2.16. The van der Waals surface area contributed by atoms with Gasteiger partial charge in [-0.2, -0.15) is 4.58 Å². The number of phosphoric acid groups is 1. The number of aliphatic hydroxyl groups excluding tert-OH is 2. The summed E-state index contributed by atoms with van der Waals surface area (Å²) in [6, 6.07) is 15.2. The van der Waals surface area contributed by atoms with Gasteiger partial charge in [-0.3, -0.25) is 4.52 Å². The molecule has 0 saturated carbocycles. The highest BCUT2D eigenvalue weighted by atomic mass is 31.2. The highest BCUT2D eigenvalue weighted by Gasteiger charge is 2.28. The average molecular weight is 512 g/mol. The third-order valence-corrected chi connectivity index (χ3v) is 6.03. The van der Waals surface area contributed by atoms with Crippen molar-refractivity contribution in [1.29, 1.82) is 0 Å². The summed E-state index contributed by atoms with van der Waals surface area (Å²) in [4.78, 5) is 22.3. The molecule has 2 aliphatic heterocycles. The molecule has 0 unspecified atom stereocenters. The maximum absolute atomic E-state index is 11.2. The molecule has 4 rings (SSSR count). The highest BCUT2D eigenvalue weighted by Crippen LogP contribution is 2.35. The number of amidine groups is 1. The van der Waals surface area contributed by atoms with Crippen LogP contribution in [-0.4, -0.2) is 74.2 Å². The van der Waals surface area contributed by atoms with Gasteiger partial charge in [-0.15, -0.1) is 0 Å². The lowest BCUT2D eigenvalue weighted by Crippen LogP contribution is -2.31. The van der Waals surface area contributed by atoms with E-state index in [2.05, 4.69) is 26.7 Å². The predicted octanol–water partition coefficient (Wildman–Crippen LogP) is 1.70. The zero-order chi connectivity index (χ0) is 25.7. The number of anilines is 1. The quantitative estimate of drug-likeness (QED) is 0.214. The number of rotatable bonds is 7. The van der Waals surface area contributed by atoms with Crippen LogP contribution in [0.1, 0.15) is 12.5 Å². The second-order valence-corrected chi connectivity index (χ2v) is 9.54. The first kappa shape index (κ1) is 25.9. The zero-order valence-corrected chi connectivity index (χ0v) is 20.4. The number of nitrogens with zero attached hydrogens (tertiary/aromatic N) is 2. The van der Waals surface area contributed by atoms with Crippen molar-refractivity contribution in [2.75, 3.05) is 25.1 Å². The van der Waals surface area contributed by atoms with Crippen LogP contribution >= 0.6 is 7.82 Å². The minimum Gasteiger partial charge on any atom is -0.388 e. The Bertz CT molecular complexity index is 1290. The molecule has 2 aromatic rings. The van der Waals surface area contributed by atoms with E-state index in [-0.39, 0.29) is 17.6 Å². The molecule has 188 valence electrons. The number of ether oxygens (including phenoxy) is 1. The van der Waals surface area contributed by atoms with Crippen LogP contribution in [0.4, 0.5) is 5.69 Å². The second-order valence-electron chi connectivity index (χ2n) is 8.30. The summed E-state index contributed by atoms with van der Waals surface area (Å²) in [5.74, 6) is 6.13. The molecule has 1 saturated heterocycles. The Morgan fingerprint density at radius 1 is 1.19 bits per heavy atom. The van der Waals surface area contributed by atoms with Gasteiger partial charge in [-0.1, -0.05) is 30.2 Å². The second kappa shape index (κ2) is 11.3. The molecule has 0 radical (unpaired) electrons. The molecule has 0 bridgehead atoms. The number of aliphatic imine (C=N–C) groups is 1. The summed E-state index contributed by atoms with van der Waals surface area (Å²) < 4.78 is 22.6. The molecule has 3 atom stereocenters. The van der Waals surface area contributed by atoms with Crippen molar-refractivity contribution < 1.29 is 38.4 Å². The van der Waals surface area contributed by atoms with Gasteiger partial charge in [0.15, 0.2) is 18.0 Å². The number of hydrogen-bond donors (Lipinski definition) is 5. The van der Waals surface area contributed by atoms with Crippen LogP contribution in [0.5, 0.6) is 0 Å². The molecular weight excluding hydrogens is 485 g/mol. The number of benzene rings is 2. The molecular formula is C25H27N3O7P+. The summed E-state index contributed by atoms with van der Waals surface area (Å²) in [5, 5.41) is 23.1. The van der Waals surface area contributed by atoms with Gasteiger partial charge in [0.2, 0.25) is 0 Å². The van der Waals surface area contributed by atoms with Gasteiger partial charge >= 0.3 is 13.7 Å². The van der Waals surface area contributed by atoms with E-state index in [1.165, 1.54) is 23.9 Å². The summed E-state index contributed by atoms with van der Waals surface area (Å²) in [5.41, 5.74) is 3.78. The topological polar surface area (TPSA) is 144 Å². The number of aliphatic hydroxyl groups is 2. The number of nitrogens with one attached hydrogen (secondary N) is 1. The van der Waals surface area contributed by atoms with Gasteiger partial charge in [0.1, 0.15) is 12.8 Å². The van der Waals surface area contributed by atoms with Crippen LogP contribution in [0.3, 0.4) is 0 Å². The first-order valence-electron chi connectivity index (χ1n) is 11.2. The molecule has 0 aliphatic carbocycles. The standard InChI is InChI=1S/C25H26N3O7P/c1-17(29)25-26-12-13-28(25)22(14-35-36(31,32)33)11-4-18-2-5-19(6-3-18)20-7-9-21(10-8-20)27-23-15-34-16-24(23)30/h2-3,5-10,12-13,17,23-24,29-30H,14-16H2,1H3,(H2,31,32,33)/p+1/t17-,23+,24+/m0/s1. The zero-order valence-electron chi connectivity index (χ0n) is 19.5. The van der Waals surface area contributed by atoms with Gasteiger partial charge in [-0.05, 0) is 53.2 Å². The Hall–Kier alpha value is -3.13. The van der Waals surface area contributed by atoms with Crippen molar-refractivity contribution in [3.63, 3.8) is 0 Å². The van der Waals surface area contributed by atoms with E-state index < -0.39 is 26.6 Å². The van der Waals surface area contributed by atoms with Crippen LogP contribution in [0.2, 0.25) is 0 Å². The maximum atomic E-state index is 11.2. The average Bonchev–Trinajstić information content (AvgIpc) is 3.49. The Morgan fingerprint density at radius 3 is 2.44 bits per heavy atom. The van der Waals surface area contributed by atoms with Gasteiger partial charge in [-0.25, -0.2) is 4.57 Å². The van der Waals surface area contributed by atoms with Crippen molar-refractivity contribution in [3.8, 4) is 23.0 Å². The molecule has 5 N–H and O–H groups in total. The molecule has 0 spiro atoms. The molecule has 0 amide bonds. The summed E-state index contributed by atoms with van der Waals surface area (Å²) in [6.45, 7) is 1.87. The maximum Gasteiger partial charge on any atom is 0.470 e. The first-order chi connectivity index (χ1) is 17.2. The normalized spacial score (nSPS) is 21.5. The smallest absolute Gasteiger partial charge is 0.388 e. The highest BCUT2D eigenvalue weighted by molar-refractivity contribution is 7.46. The van der Waals surface area contributed by atoms with Crippen LogP contribution < -0.4 is 5.32 Å². The van der Waals surface area contributed by atoms with Crippen LogP contribution in [0.15, 0.2) is 65.9 Å². The summed E-state index contributed by atoms with van der Waals surface area (Å²) in [7, 11) is -4.72. The molecule has 2 aromatic carbocycles. The van der Waals surface area contributed by atoms with Gasteiger partial charge < -0.3 is 30.1 Å². The molecule has 2 heterocycles.